The Balaban J connectivity index is 1.79. The molecule has 2 aromatic rings. The third kappa shape index (κ3) is 2.90. The number of carbonyl (C=O) groups is 1. The Labute approximate surface area is 137 Å². The van der Waals surface area contributed by atoms with Crippen LogP contribution in [0.4, 0.5) is 0 Å². The molecule has 0 aromatic carbocycles. The van der Waals surface area contributed by atoms with Crippen molar-refractivity contribution in [2.75, 3.05) is 6.54 Å². The van der Waals surface area contributed by atoms with Crippen molar-refractivity contribution in [2.45, 2.75) is 46.2 Å². The zero-order valence-corrected chi connectivity index (χ0v) is 14.4. The quantitative estimate of drug-likeness (QED) is 0.869. The van der Waals surface area contributed by atoms with Crippen LogP contribution in [0, 0.1) is 19.8 Å². The van der Waals surface area contributed by atoms with Gasteiger partial charge in [-0.05, 0) is 32.8 Å². The van der Waals surface area contributed by atoms with Crippen molar-refractivity contribution in [3.8, 4) is 0 Å². The minimum absolute atomic E-state index is 0.0761. The summed E-state index contributed by atoms with van der Waals surface area (Å²) < 4.78 is 3.74. The fraction of sp³-hybridized carbons (Fsp3) is 0.588. The van der Waals surface area contributed by atoms with Crippen molar-refractivity contribution < 1.29 is 4.79 Å². The number of nitrogens with zero attached hydrogens (tertiary/aromatic N) is 5. The molecular weight excluding hydrogens is 290 g/mol. The molecule has 1 amide bonds. The molecule has 0 N–H and O–H groups in total. The van der Waals surface area contributed by atoms with Gasteiger partial charge in [0.1, 0.15) is 0 Å². The number of hydrogen-bond donors (Lipinski definition) is 0. The fourth-order valence-corrected chi connectivity index (χ4v) is 3.65. The number of hydrogen-bond acceptors (Lipinski definition) is 3. The zero-order chi connectivity index (χ0) is 16.6. The van der Waals surface area contributed by atoms with Crippen molar-refractivity contribution in [1.82, 2.24) is 24.5 Å². The van der Waals surface area contributed by atoms with Crippen LogP contribution in [0.2, 0.25) is 0 Å². The number of aromatic nitrogens is 4. The number of likely N-dealkylation sites (tertiary alicyclic amines) is 1. The van der Waals surface area contributed by atoms with Gasteiger partial charge in [0.2, 0.25) is 5.91 Å². The first-order valence-electron chi connectivity index (χ1n) is 8.27. The van der Waals surface area contributed by atoms with Gasteiger partial charge in [0.25, 0.3) is 0 Å². The van der Waals surface area contributed by atoms with Crippen LogP contribution in [-0.4, -0.2) is 36.9 Å². The van der Waals surface area contributed by atoms with Gasteiger partial charge in [-0.2, -0.15) is 10.2 Å². The number of rotatable bonds is 4. The lowest BCUT2D eigenvalue weighted by molar-refractivity contribution is -0.136. The summed E-state index contributed by atoms with van der Waals surface area (Å²) in [5.41, 5.74) is 3.42. The van der Waals surface area contributed by atoms with Crippen LogP contribution in [0.15, 0.2) is 18.5 Å². The van der Waals surface area contributed by atoms with Gasteiger partial charge in [-0.1, -0.05) is 6.92 Å². The summed E-state index contributed by atoms with van der Waals surface area (Å²) in [6.07, 6.45) is 5.73. The highest BCUT2D eigenvalue weighted by atomic mass is 16.2. The maximum absolute atomic E-state index is 12.9. The van der Waals surface area contributed by atoms with Crippen molar-refractivity contribution in [2.24, 2.45) is 13.0 Å². The predicted octanol–water partition coefficient (Wildman–Crippen LogP) is 2.23. The molecule has 1 saturated heterocycles. The molecule has 6 nitrogen and oxygen atoms in total. The van der Waals surface area contributed by atoms with E-state index in [2.05, 4.69) is 17.1 Å². The lowest BCUT2D eigenvalue weighted by Gasteiger charge is -2.28. The van der Waals surface area contributed by atoms with E-state index in [0.29, 0.717) is 6.54 Å². The van der Waals surface area contributed by atoms with Crippen LogP contribution in [0.5, 0.6) is 0 Å². The average molecular weight is 315 g/mol. The van der Waals surface area contributed by atoms with Gasteiger partial charge < -0.3 is 4.90 Å². The van der Waals surface area contributed by atoms with Gasteiger partial charge in [0, 0.05) is 37.2 Å². The maximum atomic E-state index is 12.9. The molecule has 3 heterocycles. The first-order valence-corrected chi connectivity index (χ1v) is 8.27. The van der Waals surface area contributed by atoms with E-state index in [4.69, 9.17) is 0 Å². The molecule has 6 heteroatoms. The van der Waals surface area contributed by atoms with Crippen molar-refractivity contribution in [1.29, 1.82) is 0 Å². The highest BCUT2D eigenvalue weighted by Crippen LogP contribution is 2.36. The molecule has 0 unspecified atom stereocenters. The number of amides is 1. The standard InChI is InChI=1S/C17H25N5O/c1-12(11-21-9-6-8-18-21)17(23)22-10-5-7-15(22)16-13(2)19-20(4)14(16)3/h6,8-9,12,15H,5,7,10-11H2,1-4H3/t12-,15+/m0/s1. The molecule has 0 spiro atoms. The van der Waals surface area contributed by atoms with E-state index in [1.54, 1.807) is 6.20 Å². The largest absolute Gasteiger partial charge is 0.335 e. The van der Waals surface area contributed by atoms with E-state index in [9.17, 15) is 4.79 Å². The SMILES string of the molecule is Cc1nn(C)c(C)c1[C@H]1CCCN1C(=O)[C@@H](C)Cn1cccn1. The lowest BCUT2D eigenvalue weighted by Crippen LogP contribution is -2.36. The molecule has 3 rings (SSSR count). The van der Waals surface area contributed by atoms with Gasteiger partial charge in [-0.25, -0.2) is 0 Å². The van der Waals surface area contributed by atoms with E-state index in [0.717, 1.165) is 30.8 Å². The Morgan fingerprint density at radius 3 is 2.83 bits per heavy atom. The van der Waals surface area contributed by atoms with Crippen molar-refractivity contribution >= 4 is 5.91 Å². The molecule has 23 heavy (non-hydrogen) atoms. The second-order valence-electron chi connectivity index (χ2n) is 6.53. The third-order valence-corrected chi connectivity index (χ3v) is 4.88. The van der Waals surface area contributed by atoms with Crippen LogP contribution >= 0.6 is 0 Å². The first kappa shape index (κ1) is 15.8. The minimum Gasteiger partial charge on any atom is -0.335 e. The Hall–Kier alpha value is -2.11. The smallest absolute Gasteiger partial charge is 0.227 e. The highest BCUT2D eigenvalue weighted by Gasteiger charge is 2.35. The molecular formula is C17H25N5O. The van der Waals surface area contributed by atoms with Crippen LogP contribution in [-0.2, 0) is 18.4 Å². The fourth-order valence-electron chi connectivity index (χ4n) is 3.65. The van der Waals surface area contributed by atoms with E-state index in [-0.39, 0.29) is 17.9 Å². The third-order valence-electron chi connectivity index (χ3n) is 4.88. The highest BCUT2D eigenvalue weighted by molar-refractivity contribution is 5.79. The second-order valence-corrected chi connectivity index (χ2v) is 6.53. The van der Waals surface area contributed by atoms with Gasteiger partial charge in [-0.3, -0.25) is 14.2 Å². The normalized spacial score (nSPS) is 19.3. The molecule has 124 valence electrons. The number of carbonyl (C=O) groups excluding carboxylic acids is 1. The topological polar surface area (TPSA) is 56.0 Å². The molecule has 0 saturated carbocycles. The molecule has 0 aliphatic carbocycles. The molecule has 1 aliphatic heterocycles. The van der Waals surface area contributed by atoms with E-state index in [1.807, 2.05) is 47.4 Å². The van der Waals surface area contributed by atoms with Crippen LogP contribution < -0.4 is 0 Å². The minimum atomic E-state index is -0.0761. The molecule has 2 atom stereocenters. The molecule has 0 radical (unpaired) electrons. The Bertz CT molecular complexity index is 688. The van der Waals surface area contributed by atoms with Crippen molar-refractivity contribution in [3.05, 3.63) is 35.4 Å². The Morgan fingerprint density at radius 2 is 2.22 bits per heavy atom. The number of aryl methyl sites for hydroxylation is 2. The summed E-state index contributed by atoms with van der Waals surface area (Å²) in [7, 11) is 1.97. The van der Waals surface area contributed by atoms with Gasteiger partial charge in [-0.15, -0.1) is 0 Å². The Morgan fingerprint density at radius 1 is 1.43 bits per heavy atom. The molecule has 1 fully saturated rings. The summed E-state index contributed by atoms with van der Waals surface area (Å²) in [5.74, 6) is 0.137. The summed E-state index contributed by atoms with van der Waals surface area (Å²) in [6.45, 7) is 7.57. The Kier molecular flexibility index (Phi) is 4.24. The summed E-state index contributed by atoms with van der Waals surface area (Å²) in [5, 5.41) is 8.73. The summed E-state index contributed by atoms with van der Waals surface area (Å²) in [4.78, 5) is 15.0. The van der Waals surface area contributed by atoms with E-state index in [1.165, 1.54) is 5.56 Å². The monoisotopic (exact) mass is 315 g/mol. The van der Waals surface area contributed by atoms with Crippen LogP contribution in [0.1, 0.15) is 42.8 Å². The molecule has 2 aromatic heterocycles. The molecule has 0 bridgehead atoms. The predicted molar refractivity (Wildman–Crippen MR) is 87.8 cm³/mol. The van der Waals surface area contributed by atoms with E-state index < -0.39 is 0 Å². The lowest BCUT2D eigenvalue weighted by atomic mass is 10.0. The van der Waals surface area contributed by atoms with Gasteiger partial charge >= 0.3 is 0 Å². The van der Waals surface area contributed by atoms with Crippen LogP contribution in [0.25, 0.3) is 0 Å². The zero-order valence-electron chi connectivity index (χ0n) is 14.4. The van der Waals surface area contributed by atoms with Crippen molar-refractivity contribution in [3.63, 3.8) is 0 Å². The maximum Gasteiger partial charge on any atom is 0.227 e. The summed E-state index contributed by atoms with van der Waals surface area (Å²) in [6, 6.07) is 2.05. The second kappa shape index (κ2) is 6.18. The average Bonchev–Trinajstić information content (AvgIpc) is 3.21. The van der Waals surface area contributed by atoms with Crippen LogP contribution in [0.3, 0.4) is 0 Å². The van der Waals surface area contributed by atoms with Gasteiger partial charge in [0.15, 0.2) is 0 Å². The van der Waals surface area contributed by atoms with E-state index >= 15 is 0 Å². The summed E-state index contributed by atoms with van der Waals surface area (Å²) >= 11 is 0. The first-order chi connectivity index (χ1) is 11.0. The van der Waals surface area contributed by atoms with Gasteiger partial charge in [0.05, 0.1) is 24.2 Å². The molecule has 1 aliphatic rings.